The van der Waals surface area contributed by atoms with Crippen molar-refractivity contribution in [1.29, 1.82) is 0 Å². The predicted octanol–water partition coefficient (Wildman–Crippen LogP) is 3.20. The average Bonchev–Trinajstić information content (AvgIpc) is 2.99. The van der Waals surface area contributed by atoms with Gasteiger partial charge in [0.15, 0.2) is 12.1 Å². The van der Waals surface area contributed by atoms with Crippen LogP contribution in [0.2, 0.25) is 0 Å². The van der Waals surface area contributed by atoms with Crippen LogP contribution in [0.1, 0.15) is 17.0 Å². The van der Waals surface area contributed by atoms with E-state index in [0.29, 0.717) is 32.6 Å². The zero-order valence-corrected chi connectivity index (χ0v) is 14.3. The molecule has 25 heavy (non-hydrogen) atoms. The van der Waals surface area contributed by atoms with Crippen LogP contribution < -0.4 is 10.5 Å². The predicted molar refractivity (Wildman–Crippen MR) is 85.0 cm³/mol. The maximum Gasteiger partial charge on any atom is 0.422 e. The molecule has 0 radical (unpaired) electrons. The third kappa shape index (κ3) is 3.81. The molecule has 0 aliphatic heterocycles. The van der Waals surface area contributed by atoms with Crippen molar-refractivity contribution in [1.82, 2.24) is 20.3 Å². The number of aryl methyl sites for hydroxylation is 1. The summed E-state index contributed by atoms with van der Waals surface area (Å²) in [5, 5.41) is 7.33. The van der Waals surface area contributed by atoms with Gasteiger partial charge in [-0.1, -0.05) is 0 Å². The molecule has 3 heterocycles. The molecule has 3 aromatic rings. The fraction of sp³-hybridized carbons (Fsp3) is 0.286. The van der Waals surface area contributed by atoms with Crippen LogP contribution in [0.3, 0.4) is 0 Å². The molecule has 0 bridgehead atoms. The first kappa shape index (κ1) is 17.4. The minimum atomic E-state index is -4.45. The zero-order chi connectivity index (χ0) is 18.2. The molecule has 2 N–H and O–H groups in total. The van der Waals surface area contributed by atoms with Crippen molar-refractivity contribution in [2.45, 2.75) is 19.5 Å². The molecule has 132 valence electrons. The fourth-order valence-corrected chi connectivity index (χ4v) is 2.54. The first-order chi connectivity index (χ1) is 11.7. The molecule has 3 aromatic heterocycles. The Morgan fingerprint density at radius 1 is 1.24 bits per heavy atom. The number of rotatable bonds is 4. The number of nitrogen functional groups attached to an aromatic ring is 1. The van der Waals surface area contributed by atoms with E-state index in [0.717, 1.165) is 0 Å². The van der Waals surface area contributed by atoms with Crippen LogP contribution >= 0.6 is 15.9 Å². The Hall–Kier alpha value is -2.43. The largest absolute Gasteiger partial charge is 0.467 e. The summed E-state index contributed by atoms with van der Waals surface area (Å²) in [6.45, 7) is 0.307. The Labute approximate surface area is 147 Å². The van der Waals surface area contributed by atoms with Gasteiger partial charge in [-0.05, 0) is 45.3 Å². The summed E-state index contributed by atoms with van der Waals surface area (Å²) in [5.41, 5.74) is 8.73. The standard InChI is InChI=1S/C14H11BrF3N5O2/c1-6-8(10(19)11-12(20-6)23-25-22-11)4-7-2-3-9(15)13(21-7)24-5-14(16,17)18/h2-3H,4-5,19H2,1H3. The lowest BCUT2D eigenvalue weighted by molar-refractivity contribution is -0.154. The monoisotopic (exact) mass is 417 g/mol. The maximum absolute atomic E-state index is 12.3. The molecule has 0 saturated carbocycles. The van der Waals surface area contributed by atoms with Gasteiger partial charge in [-0.25, -0.2) is 14.6 Å². The van der Waals surface area contributed by atoms with Crippen molar-refractivity contribution in [2.24, 2.45) is 0 Å². The molecule has 7 nitrogen and oxygen atoms in total. The highest BCUT2D eigenvalue weighted by Crippen LogP contribution is 2.28. The molecule has 0 saturated heterocycles. The highest BCUT2D eigenvalue weighted by Gasteiger charge is 2.29. The summed E-state index contributed by atoms with van der Waals surface area (Å²) in [6.07, 6.45) is -4.21. The highest BCUT2D eigenvalue weighted by molar-refractivity contribution is 9.10. The topological polar surface area (TPSA) is 100.0 Å². The Kier molecular flexibility index (Phi) is 4.50. The van der Waals surface area contributed by atoms with Gasteiger partial charge in [0.1, 0.15) is 0 Å². The van der Waals surface area contributed by atoms with E-state index in [4.69, 9.17) is 10.5 Å². The third-order valence-corrected chi connectivity index (χ3v) is 3.97. The summed E-state index contributed by atoms with van der Waals surface area (Å²) in [7, 11) is 0. The lowest BCUT2D eigenvalue weighted by Crippen LogP contribution is -2.20. The fourth-order valence-electron chi connectivity index (χ4n) is 2.21. The van der Waals surface area contributed by atoms with Crippen molar-refractivity contribution in [3.63, 3.8) is 0 Å². The van der Waals surface area contributed by atoms with Crippen LogP contribution in [0.25, 0.3) is 11.2 Å². The van der Waals surface area contributed by atoms with Gasteiger partial charge < -0.3 is 10.5 Å². The van der Waals surface area contributed by atoms with E-state index in [9.17, 15) is 13.2 Å². The van der Waals surface area contributed by atoms with Gasteiger partial charge in [0.25, 0.3) is 0 Å². The van der Waals surface area contributed by atoms with Crippen LogP contribution in [0, 0.1) is 6.92 Å². The van der Waals surface area contributed by atoms with Crippen LogP contribution in [0.4, 0.5) is 18.9 Å². The second kappa shape index (κ2) is 6.47. The van der Waals surface area contributed by atoms with Gasteiger partial charge in [0.2, 0.25) is 11.5 Å². The first-order valence-corrected chi connectivity index (χ1v) is 7.76. The maximum atomic E-state index is 12.3. The molecule has 0 atom stereocenters. The normalized spacial score (nSPS) is 11.9. The molecule has 11 heteroatoms. The van der Waals surface area contributed by atoms with Crippen molar-refractivity contribution in [3.8, 4) is 5.88 Å². The number of nitrogens with two attached hydrogens (primary N) is 1. The van der Waals surface area contributed by atoms with E-state index < -0.39 is 12.8 Å². The molecular weight excluding hydrogens is 407 g/mol. The number of anilines is 1. The second-order valence-electron chi connectivity index (χ2n) is 5.20. The first-order valence-electron chi connectivity index (χ1n) is 6.97. The zero-order valence-electron chi connectivity index (χ0n) is 12.8. The van der Waals surface area contributed by atoms with Crippen LogP contribution in [-0.2, 0) is 6.42 Å². The summed E-state index contributed by atoms with van der Waals surface area (Å²) >= 11 is 3.12. The quantitative estimate of drug-likeness (QED) is 0.695. The van der Waals surface area contributed by atoms with Crippen LogP contribution in [0.15, 0.2) is 21.2 Å². The van der Waals surface area contributed by atoms with Gasteiger partial charge in [0, 0.05) is 23.4 Å². The second-order valence-corrected chi connectivity index (χ2v) is 6.05. The number of alkyl halides is 3. The third-order valence-electron chi connectivity index (χ3n) is 3.36. The smallest absolute Gasteiger partial charge is 0.422 e. The van der Waals surface area contributed by atoms with E-state index in [-0.39, 0.29) is 17.9 Å². The lowest BCUT2D eigenvalue weighted by Gasteiger charge is -2.12. The van der Waals surface area contributed by atoms with E-state index in [1.807, 2.05) is 0 Å². The minimum absolute atomic E-state index is 0.150. The van der Waals surface area contributed by atoms with Crippen molar-refractivity contribution >= 4 is 32.8 Å². The number of pyridine rings is 2. The molecule has 0 aliphatic rings. The molecule has 0 amide bonds. The van der Waals surface area contributed by atoms with Crippen molar-refractivity contribution in [2.75, 3.05) is 12.3 Å². The van der Waals surface area contributed by atoms with Crippen molar-refractivity contribution < 1.29 is 22.5 Å². The molecule has 0 aromatic carbocycles. The van der Waals surface area contributed by atoms with Gasteiger partial charge in [0.05, 0.1) is 10.2 Å². The SMILES string of the molecule is Cc1nc2nonc2c(N)c1Cc1ccc(Br)c(OCC(F)(F)F)n1. The summed E-state index contributed by atoms with van der Waals surface area (Å²) in [5.74, 6) is -0.150. The van der Waals surface area contributed by atoms with E-state index in [1.54, 1.807) is 19.1 Å². The van der Waals surface area contributed by atoms with Gasteiger partial charge in [-0.3, -0.25) is 0 Å². The Balaban J connectivity index is 1.91. The summed E-state index contributed by atoms with van der Waals surface area (Å²) < 4.78 is 46.7. The lowest BCUT2D eigenvalue weighted by atomic mass is 10.1. The Bertz CT molecular complexity index is 929. The van der Waals surface area contributed by atoms with Crippen LogP contribution in [0.5, 0.6) is 5.88 Å². The molecule has 0 spiro atoms. The Morgan fingerprint density at radius 3 is 2.72 bits per heavy atom. The number of hydrogen-bond acceptors (Lipinski definition) is 7. The van der Waals surface area contributed by atoms with Gasteiger partial charge >= 0.3 is 6.18 Å². The average molecular weight is 418 g/mol. The number of hydrogen-bond donors (Lipinski definition) is 1. The highest BCUT2D eigenvalue weighted by atomic mass is 79.9. The van der Waals surface area contributed by atoms with Crippen molar-refractivity contribution in [3.05, 3.63) is 33.6 Å². The van der Waals surface area contributed by atoms with Crippen LogP contribution in [-0.4, -0.2) is 33.1 Å². The number of aromatic nitrogens is 4. The van der Waals surface area contributed by atoms with E-state index in [1.165, 1.54) is 0 Å². The minimum Gasteiger partial charge on any atom is -0.467 e. The number of halogens is 4. The molecular formula is C14H11BrF3N5O2. The Morgan fingerprint density at radius 2 is 2.00 bits per heavy atom. The molecule has 0 fully saturated rings. The van der Waals surface area contributed by atoms with Gasteiger partial charge in [-0.2, -0.15) is 13.2 Å². The molecule has 3 rings (SSSR count). The number of ether oxygens (including phenoxy) is 1. The molecule has 0 aliphatic carbocycles. The number of fused-ring (bicyclic) bond motifs is 1. The summed E-state index contributed by atoms with van der Waals surface area (Å²) in [6, 6.07) is 3.21. The molecule has 0 unspecified atom stereocenters. The van der Waals surface area contributed by atoms with Gasteiger partial charge in [-0.15, -0.1) is 0 Å². The van der Waals surface area contributed by atoms with E-state index >= 15 is 0 Å². The number of nitrogens with zero attached hydrogens (tertiary/aromatic N) is 4. The summed E-state index contributed by atoms with van der Waals surface area (Å²) in [4.78, 5) is 8.35. The van der Waals surface area contributed by atoms with E-state index in [2.05, 4.69) is 40.8 Å².